The van der Waals surface area contributed by atoms with Gasteiger partial charge in [0.1, 0.15) is 0 Å². The molecule has 9 heteroatoms. The van der Waals surface area contributed by atoms with Gasteiger partial charge >= 0.3 is 0 Å². The summed E-state index contributed by atoms with van der Waals surface area (Å²) in [7, 11) is 0. The standard InChI is InChI=1S/C37H35ClN2O6/c38-28-14-12-27(13-15-28)37(44)16-18-39(19-17-37)22-30-21-33(25-10-8-24(23-41)9-11-25)46-36(45-30)26-4-3-5-29(20-26)40-34(42)31-6-1-2-7-32(31)35(40)43/h1-15,20,30,33,36,41,44H,16-19,21-23H2/t30-,33+,36+/m1/s1. The highest BCUT2D eigenvalue weighted by atomic mass is 35.5. The first-order valence-electron chi connectivity index (χ1n) is 15.6. The molecular formula is C37H35ClN2O6. The molecule has 2 amide bonds. The number of rotatable bonds is 7. The number of imide groups is 1. The lowest BCUT2D eigenvalue weighted by Gasteiger charge is -2.42. The van der Waals surface area contributed by atoms with Crippen molar-refractivity contribution in [1.29, 1.82) is 0 Å². The predicted molar refractivity (Wildman–Crippen MR) is 173 cm³/mol. The normalized spacial score (nSPS) is 23.0. The largest absolute Gasteiger partial charge is 0.392 e. The Hall–Kier alpha value is -3.89. The number of carbonyl (C=O) groups excluding carboxylic acids is 2. The second-order valence-corrected chi connectivity index (χ2v) is 12.7. The number of fused-ring (bicyclic) bond motifs is 1. The first-order chi connectivity index (χ1) is 22.3. The van der Waals surface area contributed by atoms with E-state index < -0.39 is 11.9 Å². The van der Waals surface area contributed by atoms with Crippen molar-refractivity contribution in [1.82, 2.24) is 4.90 Å². The second-order valence-electron chi connectivity index (χ2n) is 12.3. The lowest BCUT2D eigenvalue weighted by molar-refractivity contribution is -0.253. The summed E-state index contributed by atoms with van der Waals surface area (Å²) in [6.07, 6.45) is 0.587. The van der Waals surface area contributed by atoms with E-state index in [4.69, 9.17) is 21.1 Å². The van der Waals surface area contributed by atoms with Gasteiger partial charge in [0.2, 0.25) is 0 Å². The Morgan fingerprint density at radius 3 is 2.13 bits per heavy atom. The molecule has 0 bridgehead atoms. The molecular weight excluding hydrogens is 604 g/mol. The third-order valence-electron chi connectivity index (χ3n) is 9.34. The lowest BCUT2D eigenvalue weighted by Crippen LogP contribution is -2.46. The molecule has 2 N–H and O–H groups in total. The van der Waals surface area contributed by atoms with Crippen LogP contribution >= 0.6 is 11.6 Å². The molecule has 8 nitrogen and oxygen atoms in total. The van der Waals surface area contributed by atoms with Gasteiger partial charge < -0.3 is 24.6 Å². The summed E-state index contributed by atoms with van der Waals surface area (Å²) >= 11 is 6.07. The average Bonchev–Trinajstić information content (AvgIpc) is 3.35. The number of anilines is 1. The van der Waals surface area contributed by atoms with Crippen LogP contribution in [-0.4, -0.2) is 52.7 Å². The minimum absolute atomic E-state index is 0.0396. The van der Waals surface area contributed by atoms with Crippen molar-refractivity contribution >= 4 is 29.1 Å². The number of likely N-dealkylation sites (tertiary alicyclic amines) is 1. The molecule has 4 aromatic rings. The highest BCUT2D eigenvalue weighted by Crippen LogP contribution is 2.41. The lowest BCUT2D eigenvalue weighted by atomic mass is 9.84. The quantitative estimate of drug-likeness (QED) is 0.234. The van der Waals surface area contributed by atoms with Gasteiger partial charge in [0, 0.05) is 36.6 Å². The van der Waals surface area contributed by atoms with E-state index in [0.29, 0.717) is 66.3 Å². The van der Waals surface area contributed by atoms with Gasteiger partial charge in [0.05, 0.1) is 41.2 Å². The second kappa shape index (κ2) is 12.7. The van der Waals surface area contributed by atoms with Crippen molar-refractivity contribution < 1.29 is 29.3 Å². The van der Waals surface area contributed by atoms with Gasteiger partial charge in [0.15, 0.2) is 6.29 Å². The predicted octanol–water partition coefficient (Wildman–Crippen LogP) is 6.16. The Balaban J connectivity index is 1.11. The van der Waals surface area contributed by atoms with Gasteiger partial charge in [-0.3, -0.25) is 9.59 Å². The fourth-order valence-corrected chi connectivity index (χ4v) is 6.84. The Bertz CT molecular complexity index is 1700. The fraction of sp³-hybridized carbons (Fsp3) is 0.297. The van der Waals surface area contributed by atoms with E-state index in [1.807, 2.05) is 54.6 Å². The van der Waals surface area contributed by atoms with Gasteiger partial charge in [-0.05, 0) is 65.9 Å². The van der Waals surface area contributed by atoms with Crippen LogP contribution in [0.3, 0.4) is 0 Å². The number of ether oxygens (including phenoxy) is 2. The number of aliphatic hydroxyl groups excluding tert-OH is 1. The molecule has 3 aliphatic heterocycles. The first kappa shape index (κ1) is 30.7. The third kappa shape index (κ3) is 6.00. The van der Waals surface area contributed by atoms with E-state index in [2.05, 4.69) is 4.90 Å². The molecule has 4 aromatic carbocycles. The Morgan fingerprint density at radius 1 is 0.804 bits per heavy atom. The maximum atomic E-state index is 13.2. The molecule has 0 radical (unpaired) electrons. The van der Waals surface area contributed by atoms with E-state index in [1.165, 1.54) is 4.90 Å². The first-order valence-corrected chi connectivity index (χ1v) is 16.0. The van der Waals surface area contributed by atoms with E-state index in [-0.39, 0.29) is 30.6 Å². The molecule has 0 unspecified atom stereocenters. The number of hydrogen-bond donors (Lipinski definition) is 2. The number of hydrogen-bond acceptors (Lipinski definition) is 7. The van der Waals surface area contributed by atoms with Gasteiger partial charge in [-0.25, -0.2) is 4.90 Å². The minimum Gasteiger partial charge on any atom is -0.392 e. The summed E-state index contributed by atoms with van der Waals surface area (Å²) in [6.45, 7) is 2.02. The zero-order valence-electron chi connectivity index (χ0n) is 25.2. The highest BCUT2D eigenvalue weighted by Gasteiger charge is 2.39. The van der Waals surface area contributed by atoms with Crippen LogP contribution in [0, 0.1) is 0 Å². The molecule has 3 aliphatic rings. The van der Waals surface area contributed by atoms with Crippen LogP contribution in [0.2, 0.25) is 5.02 Å². The van der Waals surface area contributed by atoms with Crippen molar-refractivity contribution in [2.24, 2.45) is 0 Å². The molecule has 3 heterocycles. The molecule has 0 aromatic heterocycles. The monoisotopic (exact) mass is 638 g/mol. The summed E-state index contributed by atoms with van der Waals surface area (Å²) in [5, 5.41) is 21.6. The summed E-state index contributed by atoms with van der Waals surface area (Å²) in [5.74, 6) is -0.710. The number of aliphatic hydroxyl groups is 2. The molecule has 7 rings (SSSR count). The number of benzene rings is 4. The molecule has 0 aliphatic carbocycles. The van der Waals surface area contributed by atoms with Crippen LogP contribution in [0.25, 0.3) is 0 Å². The van der Waals surface area contributed by atoms with Gasteiger partial charge in [-0.15, -0.1) is 0 Å². The molecule has 236 valence electrons. The Labute approximate surface area is 272 Å². The maximum Gasteiger partial charge on any atom is 0.266 e. The van der Waals surface area contributed by atoms with Crippen LogP contribution in [0.15, 0.2) is 97.1 Å². The third-order valence-corrected chi connectivity index (χ3v) is 9.59. The zero-order chi connectivity index (χ0) is 31.8. The number of carbonyl (C=O) groups is 2. The molecule has 3 atom stereocenters. The summed E-state index contributed by atoms with van der Waals surface area (Å²) in [6, 6.07) is 29.2. The molecule has 46 heavy (non-hydrogen) atoms. The minimum atomic E-state index is -0.901. The number of nitrogens with zero attached hydrogens (tertiary/aromatic N) is 2. The summed E-state index contributed by atoms with van der Waals surface area (Å²) in [4.78, 5) is 29.9. The van der Waals surface area contributed by atoms with Crippen molar-refractivity contribution in [2.75, 3.05) is 24.5 Å². The molecule has 0 saturated carbocycles. The van der Waals surface area contributed by atoms with E-state index in [9.17, 15) is 19.8 Å². The summed E-state index contributed by atoms with van der Waals surface area (Å²) < 4.78 is 13.1. The van der Waals surface area contributed by atoms with Crippen molar-refractivity contribution in [2.45, 2.75) is 50.0 Å². The van der Waals surface area contributed by atoms with E-state index in [1.54, 1.807) is 42.5 Å². The van der Waals surface area contributed by atoms with Crippen LogP contribution in [0.1, 0.15) is 74.6 Å². The van der Waals surface area contributed by atoms with Crippen molar-refractivity contribution in [3.63, 3.8) is 0 Å². The number of piperidine rings is 1. The zero-order valence-corrected chi connectivity index (χ0v) is 26.0. The van der Waals surface area contributed by atoms with Crippen LogP contribution in [0.5, 0.6) is 0 Å². The van der Waals surface area contributed by atoms with Crippen LogP contribution < -0.4 is 4.90 Å². The molecule has 2 saturated heterocycles. The van der Waals surface area contributed by atoms with E-state index >= 15 is 0 Å². The van der Waals surface area contributed by atoms with Gasteiger partial charge in [-0.1, -0.05) is 72.3 Å². The topological polar surface area (TPSA) is 99.5 Å². The average molecular weight is 639 g/mol. The molecule has 0 spiro atoms. The Morgan fingerprint density at radius 2 is 1.48 bits per heavy atom. The van der Waals surface area contributed by atoms with E-state index in [0.717, 1.165) is 16.7 Å². The highest BCUT2D eigenvalue weighted by molar-refractivity contribution is 6.34. The SMILES string of the molecule is O=C1c2ccccc2C(=O)N1c1cccc([C@H]2O[C@@H](CN3CCC(O)(c4ccc(Cl)cc4)CC3)C[C@@H](c3ccc(CO)cc3)O2)c1. The van der Waals surface area contributed by atoms with Gasteiger partial charge in [-0.2, -0.15) is 0 Å². The maximum absolute atomic E-state index is 13.2. The smallest absolute Gasteiger partial charge is 0.266 e. The number of amides is 2. The van der Waals surface area contributed by atoms with Crippen LogP contribution in [0.4, 0.5) is 5.69 Å². The Kier molecular flexibility index (Phi) is 8.50. The fourth-order valence-electron chi connectivity index (χ4n) is 6.71. The van der Waals surface area contributed by atoms with Gasteiger partial charge in [0.25, 0.3) is 11.8 Å². The summed E-state index contributed by atoms with van der Waals surface area (Å²) in [5.41, 5.74) is 3.70. The van der Waals surface area contributed by atoms with Crippen molar-refractivity contribution in [3.8, 4) is 0 Å². The number of halogens is 1. The van der Waals surface area contributed by atoms with Crippen molar-refractivity contribution in [3.05, 3.63) is 135 Å². The van der Waals surface area contributed by atoms with Crippen LogP contribution in [-0.2, 0) is 21.7 Å². The molecule has 2 fully saturated rings.